The van der Waals surface area contributed by atoms with Crippen LogP contribution in [0.5, 0.6) is 0 Å². The summed E-state index contributed by atoms with van der Waals surface area (Å²) in [5, 5.41) is 14.0. The van der Waals surface area contributed by atoms with Crippen LogP contribution in [0, 0.1) is 0 Å². The zero-order valence-corrected chi connectivity index (χ0v) is 11.0. The van der Waals surface area contributed by atoms with Crippen LogP contribution in [-0.2, 0) is 0 Å². The number of nitrogens with zero attached hydrogens (tertiary/aromatic N) is 4. The number of aromatic nitrogens is 4. The molecule has 1 aromatic heterocycles. The van der Waals surface area contributed by atoms with E-state index in [2.05, 4.69) is 31.5 Å². The molecule has 0 aromatic carbocycles. The van der Waals surface area contributed by atoms with Crippen LogP contribution >= 0.6 is 27.7 Å². The average Bonchev–Trinajstić information content (AvgIpc) is 2.87. The van der Waals surface area contributed by atoms with Crippen molar-refractivity contribution in [1.29, 1.82) is 0 Å². The number of thioether (sulfide) groups is 1. The molecule has 2 rings (SSSR count). The second-order valence-corrected chi connectivity index (χ2v) is 5.59. The van der Waals surface area contributed by atoms with Crippen LogP contribution in [0.1, 0.15) is 38.1 Å². The summed E-state index contributed by atoms with van der Waals surface area (Å²) in [5.74, 6) is 1.08. The SMILES string of the molecule is BrCCCSc1nnnn1C1CCCC1. The van der Waals surface area contributed by atoms with Crippen molar-refractivity contribution in [2.45, 2.75) is 43.3 Å². The van der Waals surface area contributed by atoms with Crippen LogP contribution in [0.2, 0.25) is 0 Å². The summed E-state index contributed by atoms with van der Waals surface area (Å²) in [6, 6.07) is 0.548. The van der Waals surface area contributed by atoms with Crippen molar-refractivity contribution in [1.82, 2.24) is 20.2 Å². The third-order valence-corrected chi connectivity index (χ3v) is 4.22. The number of rotatable bonds is 5. The lowest BCUT2D eigenvalue weighted by atomic mass is 10.3. The highest BCUT2D eigenvalue weighted by Gasteiger charge is 2.21. The Bertz CT molecular complexity index is 298. The first-order chi connectivity index (χ1) is 7.42. The zero-order chi connectivity index (χ0) is 10.5. The molecule has 1 fully saturated rings. The van der Waals surface area contributed by atoms with Gasteiger partial charge in [0.15, 0.2) is 0 Å². The van der Waals surface area contributed by atoms with Crippen LogP contribution in [0.4, 0.5) is 0 Å². The van der Waals surface area contributed by atoms with E-state index >= 15 is 0 Å². The topological polar surface area (TPSA) is 43.6 Å². The van der Waals surface area contributed by atoms with Gasteiger partial charge in [0.25, 0.3) is 0 Å². The van der Waals surface area contributed by atoms with E-state index in [0.717, 1.165) is 22.7 Å². The third-order valence-electron chi connectivity index (χ3n) is 2.64. The predicted molar refractivity (Wildman–Crippen MR) is 64.5 cm³/mol. The van der Waals surface area contributed by atoms with E-state index in [1.165, 1.54) is 25.7 Å². The summed E-state index contributed by atoms with van der Waals surface area (Å²) in [5.41, 5.74) is 0. The summed E-state index contributed by atoms with van der Waals surface area (Å²) in [7, 11) is 0. The summed E-state index contributed by atoms with van der Waals surface area (Å²) >= 11 is 5.19. The molecular weight excluding hydrogens is 276 g/mol. The minimum atomic E-state index is 0.548. The number of tetrazole rings is 1. The van der Waals surface area contributed by atoms with E-state index in [1.807, 2.05) is 4.68 Å². The van der Waals surface area contributed by atoms with Crippen molar-refractivity contribution < 1.29 is 0 Å². The van der Waals surface area contributed by atoms with Gasteiger partial charge in [-0.15, -0.1) is 5.10 Å². The number of hydrogen-bond acceptors (Lipinski definition) is 4. The van der Waals surface area contributed by atoms with Gasteiger partial charge < -0.3 is 0 Å². The van der Waals surface area contributed by atoms with Gasteiger partial charge in [0.05, 0.1) is 6.04 Å². The number of hydrogen-bond donors (Lipinski definition) is 0. The Labute approximate surface area is 102 Å². The maximum absolute atomic E-state index is 4.10. The summed E-state index contributed by atoms with van der Waals surface area (Å²) < 4.78 is 2.02. The van der Waals surface area contributed by atoms with Gasteiger partial charge in [0.2, 0.25) is 5.16 Å². The molecule has 1 aromatic rings. The van der Waals surface area contributed by atoms with E-state index in [-0.39, 0.29) is 0 Å². The average molecular weight is 291 g/mol. The molecule has 0 atom stereocenters. The van der Waals surface area contributed by atoms with Gasteiger partial charge in [-0.25, -0.2) is 4.68 Å². The number of alkyl halides is 1. The first-order valence-corrected chi connectivity index (χ1v) is 7.49. The Balaban J connectivity index is 1.95. The van der Waals surface area contributed by atoms with E-state index in [0.29, 0.717) is 6.04 Å². The van der Waals surface area contributed by atoms with Crippen molar-refractivity contribution in [3.8, 4) is 0 Å². The van der Waals surface area contributed by atoms with E-state index in [1.54, 1.807) is 11.8 Å². The summed E-state index contributed by atoms with van der Waals surface area (Å²) in [6.45, 7) is 0. The van der Waals surface area contributed by atoms with Crippen LogP contribution in [0.15, 0.2) is 5.16 Å². The zero-order valence-electron chi connectivity index (χ0n) is 8.60. The summed E-state index contributed by atoms with van der Waals surface area (Å²) in [4.78, 5) is 0. The predicted octanol–water partition coefficient (Wildman–Crippen LogP) is 2.67. The van der Waals surface area contributed by atoms with Crippen LogP contribution < -0.4 is 0 Å². The fourth-order valence-electron chi connectivity index (χ4n) is 1.88. The molecular formula is C9H15BrN4S. The highest BCUT2D eigenvalue weighted by molar-refractivity contribution is 9.09. The molecule has 1 heterocycles. The fourth-order valence-corrected chi connectivity index (χ4v) is 3.41. The molecule has 1 saturated carbocycles. The quantitative estimate of drug-likeness (QED) is 0.475. The van der Waals surface area contributed by atoms with Gasteiger partial charge in [-0.1, -0.05) is 40.5 Å². The lowest BCUT2D eigenvalue weighted by Gasteiger charge is -2.10. The molecule has 0 radical (unpaired) electrons. The van der Waals surface area contributed by atoms with Crippen LogP contribution in [0.3, 0.4) is 0 Å². The van der Waals surface area contributed by atoms with Gasteiger partial charge in [0.1, 0.15) is 0 Å². The standard InChI is InChI=1S/C9H15BrN4S/c10-6-3-7-15-9-11-12-13-14(9)8-4-1-2-5-8/h8H,1-7H2. The first kappa shape index (κ1) is 11.4. The second kappa shape index (κ2) is 5.84. The van der Waals surface area contributed by atoms with Gasteiger partial charge in [-0.05, 0) is 29.7 Å². The fraction of sp³-hybridized carbons (Fsp3) is 0.889. The molecule has 0 bridgehead atoms. The Morgan fingerprint density at radius 1 is 1.40 bits per heavy atom. The second-order valence-electron chi connectivity index (χ2n) is 3.74. The van der Waals surface area contributed by atoms with Crippen molar-refractivity contribution >= 4 is 27.7 Å². The molecule has 4 nitrogen and oxygen atoms in total. The molecule has 1 aliphatic carbocycles. The molecule has 0 aliphatic heterocycles. The Morgan fingerprint density at radius 3 is 2.93 bits per heavy atom. The van der Waals surface area contributed by atoms with E-state index in [9.17, 15) is 0 Å². The Kier molecular flexibility index (Phi) is 4.43. The van der Waals surface area contributed by atoms with E-state index < -0.39 is 0 Å². The van der Waals surface area contributed by atoms with Gasteiger partial charge in [0, 0.05) is 11.1 Å². The monoisotopic (exact) mass is 290 g/mol. The molecule has 0 spiro atoms. The highest BCUT2D eigenvalue weighted by Crippen LogP contribution is 2.31. The van der Waals surface area contributed by atoms with E-state index in [4.69, 9.17) is 0 Å². The Hall–Kier alpha value is -0.100. The van der Waals surface area contributed by atoms with Gasteiger partial charge >= 0.3 is 0 Å². The third kappa shape index (κ3) is 2.93. The lowest BCUT2D eigenvalue weighted by molar-refractivity contribution is 0.423. The Morgan fingerprint density at radius 2 is 2.20 bits per heavy atom. The highest BCUT2D eigenvalue weighted by atomic mass is 79.9. The maximum Gasteiger partial charge on any atom is 0.209 e. The largest absolute Gasteiger partial charge is 0.217 e. The molecule has 0 amide bonds. The molecule has 0 unspecified atom stereocenters. The lowest BCUT2D eigenvalue weighted by Crippen LogP contribution is -2.08. The van der Waals surface area contributed by atoms with Crippen molar-refractivity contribution in [2.24, 2.45) is 0 Å². The summed E-state index contributed by atoms with van der Waals surface area (Å²) in [6.07, 6.45) is 6.25. The molecule has 1 aliphatic rings. The molecule has 15 heavy (non-hydrogen) atoms. The first-order valence-electron chi connectivity index (χ1n) is 5.38. The number of halogens is 1. The normalized spacial score (nSPS) is 17.4. The van der Waals surface area contributed by atoms with Gasteiger partial charge in [-0.2, -0.15) is 0 Å². The molecule has 0 N–H and O–H groups in total. The van der Waals surface area contributed by atoms with Crippen LogP contribution in [-0.4, -0.2) is 31.3 Å². The van der Waals surface area contributed by atoms with Crippen molar-refractivity contribution in [3.63, 3.8) is 0 Å². The van der Waals surface area contributed by atoms with Crippen molar-refractivity contribution in [3.05, 3.63) is 0 Å². The minimum absolute atomic E-state index is 0.548. The van der Waals surface area contributed by atoms with Gasteiger partial charge in [-0.3, -0.25) is 0 Å². The maximum atomic E-state index is 4.10. The van der Waals surface area contributed by atoms with Crippen molar-refractivity contribution in [2.75, 3.05) is 11.1 Å². The smallest absolute Gasteiger partial charge is 0.209 e. The molecule has 0 saturated heterocycles. The van der Waals surface area contributed by atoms with Crippen LogP contribution in [0.25, 0.3) is 0 Å². The molecule has 6 heteroatoms. The molecule has 84 valence electrons. The minimum Gasteiger partial charge on any atom is -0.217 e.